The van der Waals surface area contributed by atoms with Crippen molar-refractivity contribution in [3.05, 3.63) is 78.5 Å². The van der Waals surface area contributed by atoms with Gasteiger partial charge in [0.15, 0.2) is 0 Å². The van der Waals surface area contributed by atoms with Crippen LogP contribution in [0.2, 0.25) is 0 Å². The monoisotopic (exact) mass is 351 g/mol. The Labute approximate surface area is 152 Å². The number of hydrogen-bond acceptors (Lipinski definition) is 6. The summed E-state index contributed by atoms with van der Waals surface area (Å²) in [6.07, 6.45) is 1.51. The van der Waals surface area contributed by atoms with E-state index in [1.807, 2.05) is 48.5 Å². The van der Waals surface area contributed by atoms with Crippen LogP contribution in [0.1, 0.15) is 11.6 Å². The minimum atomic E-state index is -0.687. The zero-order valence-electron chi connectivity index (χ0n) is 14.4. The number of nitrogens with zero attached hydrogens (tertiary/aromatic N) is 2. The summed E-state index contributed by atoms with van der Waals surface area (Å²) in [5.41, 5.74) is 11.7. The van der Waals surface area contributed by atoms with E-state index in [4.69, 9.17) is 16.2 Å². The number of nitrogens with two attached hydrogens (primary N) is 2. The summed E-state index contributed by atoms with van der Waals surface area (Å²) in [4.78, 5) is 19.4. The average Bonchev–Trinajstić information content (AvgIpc) is 2.68. The molecule has 0 radical (unpaired) electrons. The summed E-state index contributed by atoms with van der Waals surface area (Å²) < 4.78 is 4.91. The number of para-hydroxylation sites is 1. The number of hydrogen-bond donors (Lipinski definition) is 3. The Kier molecular flexibility index (Phi) is 6.93. The van der Waals surface area contributed by atoms with Crippen LogP contribution in [0.25, 0.3) is 0 Å². The van der Waals surface area contributed by atoms with Crippen LogP contribution in [0.5, 0.6) is 5.75 Å². The van der Waals surface area contributed by atoms with E-state index >= 15 is 0 Å². The maximum atomic E-state index is 11.5. The summed E-state index contributed by atoms with van der Waals surface area (Å²) in [6.45, 7) is 0. The van der Waals surface area contributed by atoms with Gasteiger partial charge in [-0.2, -0.15) is 4.98 Å². The molecule has 0 spiro atoms. The van der Waals surface area contributed by atoms with E-state index in [9.17, 15) is 4.79 Å². The quantitative estimate of drug-likeness (QED) is 0.650. The molecule has 7 heteroatoms. The number of aromatic nitrogens is 2. The highest BCUT2D eigenvalue weighted by molar-refractivity contribution is 5.84. The first kappa shape index (κ1) is 18.7. The van der Waals surface area contributed by atoms with Gasteiger partial charge in [-0.1, -0.05) is 48.5 Å². The van der Waals surface area contributed by atoms with E-state index in [0.717, 1.165) is 11.3 Å². The van der Waals surface area contributed by atoms with E-state index in [2.05, 4.69) is 15.3 Å². The lowest BCUT2D eigenvalue weighted by Crippen LogP contribution is -2.28. The second-order valence-electron chi connectivity index (χ2n) is 5.21. The Morgan fingerprint density at radius 2 is 1.65 bits per heavy atom. The van der Waals surface area contributed by atoms with Gasteiger partial charge >= 0.3 is 0 Å². The minimum Gasteiger partial charge on any atom is -0.497 e. The number of ether oxygens (including phenoxy) is 1. The second-order valence-corrected chi connectivity index (χ2v) is 5.21. The number of benzene rings is 2. The molecule has 134 valence electrons. The lowest BCUT2D eigenvalue weighted by atomic mass is 10.1. The van der Waals surface area contributed by atoms with Crippen LogP contribution in [0.3, 0.4) is 0 Å². The van der Waals surface area contributed by atoms with Crippen LogP contribution in [-0.4, -0.2) is 23.0 Å². The predicted molar refractivity (Wildman–Crippen MR) is 101 cm³/mol. The first-order valence-corrected chi connectivity index (χ1v) is 7.88. The fourth-order valence-corrected chi connectivity index (χ4v) is 2.09. The summed E-state index contributed by atoms with van der Waals surface area (Å²) in [7, 11) is 1.66. The molecule has 0 fully saturated rings. The molecule has 1 heterocycles. The van der Waals surface area contributed by atoms with Crippen molar-refractivity contribution in [2.45, 2.75) is 6.04 Å². The van der Waals surface area contributed by atoms with Gasteiger partial charge in [-0.25, -0.2) is 4.98 Å². The zero-order valence-corrected chi connectivity index (χ0v) is 14.4. The Hall–Kier alpha value is -3.61. The SMILES string of the molecule is COc1ccccc1.NC(=O)C(Nc1nccc(N)n1)c1ccccc1. The van der Waals surface area contributed by atoms with Crippen molar-refractivity contribution in [3.63, 3.8) is 0 Å². The van der Waals surface area contributed by atoms with Crippen molar-refractivity contribution in [2.24, 2.45) is 5.73 Å². The number of methoxy groups -OCH3 is 1. The van der Waals surface area contributed by atoms with Crippen molar-refractivity contribution in [3.8, 4) is 5.75 Å². The standard InChI is InChI=1S/C12H13N5O.C7H8O/c13-9-6-7-15-12(16-9)17-10(11(14)18)8-4-2-1-3-5-8;1-8-7-5-3-2-4-6-7/h1-7,10H,(H2,14,18)(H3,13,15,16,17);2-6H,1H3. The Balaban J connectivity index is 0.000000254. The molecule has 3 aromatic rings. The molecule has 3 rings (SSSR count). The largest absolute Gasteiger partial charge is 0.497 e. The number of carbonyl (C=O) groups is 1. The fourth-order valence-electron chi connectivity index (χ4n) is 2.09. The Bertz CT molecular complexity index is 812. The van der Waals surface area contributed by atoms with Crippen LogP contribution < -0.4 is 21.5 Å². The van der Waals surface area contributed by atoms with Gasteiger partial charge in [0.1, 0.15) is 17.6 Å². The van der Waals surface area contributed by atoms with Crippen LogP contribution in [-0.2, 0) is 4.79 Å². The van der Waals surface area contributed by atoms with Gasteiger partial charge in [0.05, 0.1) is 7.11 Å². The number of nitrogen functional groups attached to an aromatic ring is 1. The normalized spacial score (nSPS) is 10.8. The first-order valence-electron chi connectivity index (χ1n) is 7.88. The van der Waals surface area contributed by atoms with Gasteiger partial charge in [0, 0.05) is 6.20 Å². The van der Waals surface area contributed by atoms with E-state index in [-0.39, 0.29) is 5.95 Å². The van der Waals surface area contributed by atoms with Crippen LogP contribution >= 0.6 is 0 Å². The van der Waals surface area contributed by atoms with Crippen molar-refractivity contribution < 1.29 is 9.53 Å². The molecule has 1 atom stereocenters. The summed E-state index contributed by atoms with van der Waals surface area (Å²) in [5.74, 6) is 0.992. The molecular formula is C19H21N5O2. The van der Waals surface area contributed by atoms with E-state index in [1.165, 1.54) is 6.20 Å². The predicted octanol–water partition coefficient (Wildman–Crippen LogP) is 2.39. The molecule has 0 saturated heterocycles. The summed E-state index contributed by atoms with van der Waals surface area (Å²) in [6, 6.07) is 19.7. The first-order chi connectivity index (χ1) is 12.6. The van der Waals surface area contributed by atoms with E-state index < -0.39 is 11.9 Å². The fraction of sp³-hybridized carbons (Fsp3) is 0.105. The van der Waals surface area contributed by atoms with Gasteiger partial charge < -0.3 is 21.5 Å². The number of amides is 1. The lowest BCUT2D eigenvalue weighted by molar-refractivity contribution is -0.118. The maximum Gasteiger partial charge on any atom is 0.244 e. The Morgan fingerprint density at radius 3 is 2.15 bits per heavy atom. The van der Waals surface area contributed by atoms with Gasteiger partial charge in [0.2, 0.25) is 11.9 Å². The second kappa shape index (κ2) is 9.63. The third kappa shape index (κ3) is 5.79. The van der Waals surface area contributed by atoms with Crippen LogP contribution in [0.4, 0.5) is 11.8 Å². The number of nitrogens with one attached hydrogen (secondary N) is 1. The molecular weight excluding hydrogens is 330 g/mol. The maximum absolute atomic E-state index is 11.5. The van der Waals surface area contributed by atoms with Crippen molar-refractivity contribution in [1.82, 2.24) is 9.97 Å². The van der Waals surface area contributed by atoms with Crippen molar-refractivity contribution >= 4 is 17.7 Å². The molecule has 1 amide bonds. The molecule has 7 nitrogen and oxygen atoms in total. The van der Waals surface area contributed by atoms with Crippen LogP contribution in [0, 0.1) is 0 Å². The summed E-state index contributed by atoms with van der Waals surface area (Å²) in [5, 5.41) is 2.86. The highest BCUT2D eigenvalue weighted by Crippen LogP contribution is 2.16. The highest BCUT2D eigenvalue weighted by Gasteiger charge is 2.18. The molecule has 5 N–H and O–H groups in total. The lowest BCUT2D eigenvalue weighted by Gasteiger charge is -2.15. The molecule has 1 aromatic heterocycles. The smallest absolute Gasteiger partial charge is 0.244 e. The number of anilines is 2. The number of rotatable bonds is 5. The third-order valence-electron chi connectivity index (χ3n) is 3.35. The molecule has 0 aliphatic rings. The Morgan fingerprint density at radius 1 is 1.04 bits per heavy atom. The number of primary amides is 1. The van der Waals surface area contributed by atoms with Gasteiger partial charge in [0.25, 0.3) is 0 Å². The van der Waals surface area contributed by atoms with Crippen molar-refractivity contribution in [1.29, 1.82) is 0 Å². The molecule has 0 bridgehead atoms. The molecule has 0 saturated carbocycles. The van der Waals surface area contributed by atoms with Gasteiger partial charge in [-0.05, 0) is 23.8 Å². The molecule has 1 unspecified atom stereocenters. The molecule has 26 heavy (non-hydrogen) atoms. The van der Waals surface area contributed by atoms with Gasteiger partial charge in [-0.3, -0.25) is 4.79 Å². The topological polar surface area (TPSA) is 116 Å². The van der Waals surface area contributed by atoms with E-state index in [0.29, 0.717) is 5.82 Å². The minimum absolute atomic E-state index is 0.266. The zero-order chi connectivity index (χ0) is 18.8. The molecule has 2 aromatic carbocycles. The van der Waals surface area contributed by atoms with Crippen LogP contribution in [0.15, 0.2) is 72.9 Å². The van der Waals surface area contributed by atoms with E-state index in [1.54, 1.807) is 25.3 Å². The summed E-state index contributed by atoms with van der Waals surface area (Å²) >= 11 is 0. The molecule has 0 aliphatic heterocycles. The third-order valence-corrected chi connectivity index (χ3v) is 3.35. The highest BCUT2D eigenvalue weighted by atomic mass is 16.5. The number of carbonyl (C=O) groups excluding carboxylic acids is 1. The average molecular weight is 351 g/mol. The molecule has 0 aliphatic carbocycles. The van der Waals surface area contributed by atoms with Crippen molar-refractivity contribution in [2.75, 3.05) is 18.2 Å². The van der Waals surface area contributed by atoms with Gasteiger partial charge in [-0.15, -0.1) is 0 Å².